The molecule has 3 aromatic carbocycles. The topological polar surface area (TPSA) is 197 Å². The second-order valence-corrected chi connectivity index (χ2v) is 10.5. The Morgan fingerprint density at radius 2 is 1.30 bits per heavy atom. The highest BCUT2D eigenvalue weighted by Crippen LogP contribution is 2.34. The third-order valence-electron chi connectivity index (χ3n) is 7.15. The molecule has 0 spiro atoms. The molecule has 1 aliphatic rings. The number of carboxylic acids is 3. The van der Waals surface area contributed by atoms with E-state index in [1.165, 1.54) is 12.8 Å². The highest BCUT2D eigenvalue weighted by Gasteiger charge is 2.40. The largest absolute Gasteiger partial charge is 0.497 e. The number of ether oxygens (including phenoxy) is 2. The number of hydrogen-bond acceptors (Lipinski definition) is 9. The molecule has 0 atom stereocenters. The molecule has 46 heavy (non-hydrogen) atoms. The molecule has 1 heterocycles. The second kappa shape index (κ2) is 16.7. The predicted octanol–water partition coefficient (Wildman–Crippen LogP) is 4.11. The number of benzene rings is 3. The summed E-state index contributed by atoms with van der Waals surface area (Å²) in [6, 6.07) is 23.8. The van der Waals surface area contributed by atoms with Crippen LogP contribution in [0.3, 0.4) is 0 Å². The quantitative estimate of drug-likeness (QED) is 0.112. The smallest absolute Gasteiger partial charge is 0.336 e. The first kappa shape index (κ1) is 35.2. The van der Waals surface area contributed by atoms with Crippen LogP contribution in [0.1, 0.15) is 42.4 Å². The van der Waals surface area contributed by atoms with Gasteiger partial charge in [0.2, 0.25) is 0 Å². The van der Waals surface area contributed by atoms with Crippen molar-refractivity contribution in [3.8, 4) is 11.5 Å². The Labute approximate surface area is 265 Å². The first-order valence-electron chi connectivity index (χ1n) is 14.4. The van der Waals surface area contributed by atoms with Crippen molar-refractivity contribution in [1.82, 2.24) is 4.90 Å². The molecule has 244 valence electrons. The molecular weight excluding hydrogens is 600 g/mol. The fraction of sp³-hybridized carbons (Fsp3) is 0.303. The van der Waals surface area contributed by atoms with E-state index >= 15 is 0 Å². The third-order valence-corrected chi connectivity index (χ3v) is 7.15. The fourth-order valence-electron chi connectivity index (χ4n) is 4.87. The maximum atomic E-state index is 12.2. The average Bonchev–Trinajstić information content (AvgIpc) is 3.54. The molecular formula is C33H36N2O11. The third kappa shape index (κ3) is 10.1. The zero-order valence-electron chi connectivity index (χ0n) is 25.2. The molecule has 0 aromatic heterocycles. The number of hydrogen-bond donors (Lipinski definition) is 4. The Kier molecular flexibility index (Phi) is 12.8. The molecule has 1 fully saturated rings. The van der Waals surface area contributed by atoms with Gasteiger partial charge in [0.15, 0.2) is 5.60 Å². The van der Waals surface area contributed by atoms with Gasteiger partial charge in [-0.3, -0.25) is 24.6 Å². The highest BCUT2D eigenvalue weighted by molar-refractivity contribution is 5.95. The Hall–Kier alpha value is -5.27. The summed E-state index contributed by atoms with van der Waals surface area (Å²) < 4.78 is 11.2. The molecule has 13 nitrogen and oxygen atoms in total. The Balaban J connectivity index is 0.000000376. The summed E-state index contributed by atoms with van der Waals surface area (Å²) in [5.41, 5.74) is -0.0747. The number of aliphatic hydroxyl groups is 1. The van der Waals surface area contributed by atoms with Gasteiger partial charge < -0.3 is 29.9 Å². The van der Waals surface area contributed by atoms with E-state index in [9.17, 15) is 24.5 Å². The van der Waals surface area contributed by atoms with Gasteiger partial charge in [0, 0.05) is 6.54 Å². The van der Waals surface area contributed by atoms with Crippen molar-refractivity contribution in [3.63, 3.8) is 0 Å². The fourth-order valence-corrected chi connectivity index (χ4v) is 4.87. The Morgan fingerprint density at radius 1 is 0.804 bits per heavy atom. The predicted molar refractivity (Wildman–Crippen MR) is 167 cm³/mol. The highest BCUT2D eigenvalue weighted by atomic mass is 16.6. The molecule has 0 radical (unpaired) electrons. The van der Waals surface area contributed by atoms with Gasteiger partial charge >= 0.3 is 17.9 Å². The van der Waals surface area contributed by atoms with E-state index in [1.807, 2.05) is 66.7 Å². The van der Waals surface area contributed by atoms with E-state index in [0.717, 1.165) is 36.5 Å². The first-order valence-corrected chi connectivity index (χ1v) is 14.4. The summed E-state index contributed by atoms with van der Waals surface area (Å²) in [6.45, 7) is 3.83. The number of nitrogens with zero attached hydrogens (tertiary/aromatic N) is 2. The van der Waals surface area contributed by atoms with Crippen LogP contribution < -0.4 is 9.47 Å². The van der Waals surface area contributed by atoms with Crippen molar-refractivity contribution >= 4 is 29.2 Å². The number of rotatable bonds is 14. The minimum absolute atomic E-state index is 0.0588. The van der Waals surface area contributed by atoms with Gasteiger partial charge in [0.25, 0.3) is 5.70 Å². The number of aliphatic carboxylic acids is 3. The van der Waals surface area contributed by atoms with Gasteiger partial charge in [-0.15, -0.1) is 0 Å². The van der Waals surface area contributed by atoms with Crippen LogP contribution in [-0.4, -0.2) is 87.1 Å². The van der Waals surface area contributed by atoms with Crippen molar-refractivity contribution in [1.29, 1.82) is 0 Å². The van der Waals surface area contributed by atoms with Crippen LogP contribution in [0.4, 0.5) is 0 Å². The van der Waals surface area contributed by atoms with Crippen LogP contribution in [0.5, 0.6) is 11.5 Å². The average molecular weight is 637 g/mol. The zero-order valence-corrected chi connectivity index (χ0v) is 25.2. The molecule has 4 rings (SSSR count). The number of carboxylic acid groups (broad SMARTS) is 3. The summed E-state index contributed by atoms with van der Waals surface area (Å²) in [4.78, 5) is 44.8. The molecule has 0 amide bonds. The molecule has 0 saturated carbocycles. The van der Waals surface area contributed by atoms with Gasteiger partial charge in [0.1, 0.15) is 18.1 Å². The molecule has 4 N–H and O–H groups in total. The molecule has 1 saturated heterocycles. The molecule has 3 aromatic rings. The van der Waals surface area contributed by atoms with Crippen LogP contribution in [-0.2, 0) is 14.4 Å². The van der Waals surface area contributed by atoms with Crippen molar-refractivity contribution in [2.75, 3.05) is 33.4 Å². The number of carbonyl (C=O) groups is 3. The summed E-state index contributed by atoms with van der Waals surface area (Å²) in [5.74, 6) is -3.56. The molecule has 1 aliphatic heterocycles. The number of likely N-dealkylation sites (tertiary alicyclic amines) is 1. The van der Waals surface area contributed by atoms with Gasteiger partial charge in [0.05, 0.1) is 36.0 Å². The van der Waals surface area contributed by atoms with Gasteiger partial charge in [-0.1, -0.05) is 42.5 Å². The minimum Gasteiger partial charge on any atom is -0.497 e. The van der Waals surface area contributed by atoms with Crippen LogP contribution in [0.2, 0.25) is 0 Å². The number of nitro groups is 1. The van der Waals surface area contributed by atoms with Crippen molar-refractivity contribution in [3.05, 3.63) is 106 Å². The SMILES string of the molecule is COc1ccc(C(=C(c2ccccc2)[N+](=O)[O-])c2ccc(OCCN3CCCC3)cc2)cc1.O=C(O)CC(O)(CC(=O)O)C(=O)O. The maximum absolute atomic E-state index is 12.2. The first-order chi connectivity index (χ1) is 21.9. The van der Waals surface area contributed by atoms with Crippen molar-refractivity contribution < 1.29 is 49.2 Å². The summed E-state index contributed by atoms with van der Waals surface area (Å²) in [5, 5.41) is 46.0. The molecule has 0 aliphatic carbocycles. The maximum Gasteiger partial charge on any atom is 0.336 e. The minimum atomic E-state index is -2.74. The van der Waals surface area contributed by atoms with Gasteiger partial charge in [-0.2, -0.15) is 0 Å². The molecule has 0 unspecified atom stereocenters. The van der Waals surface area contributed by atoms with E-state index in [1.54, 1.807) is 19.2 Å². The Morgan fingerprint density at radius 3 is 1.74 bits per heavy atom. The lowest BCUT2D eigenvalue weighted by molar-refractivity contribution is -0.374. The van der Waals surface area contributed by atoms with Crippen LogP contribution in [0.15, 0.2) is 78.9 Å². The van der Waals surface area contributed by atoms with Crippen molar-refractivity contribution in [2.24, 2.45) is 0 Å². The lowest BCUT2D eigenvalue weighted by Gasteiger charge is -2.18. The monoisotopic (exact) mass is 636 g/mol. The Bertz CT molecular complexity index is 1500. The summed E-state index contributed by atoms with van der Waals surface area (Å²) >= 11 is 0. The standard InChI is InChI=1S/C27H28N2O4.C6H8O7/c1-32-24-13-9-21(10-14-24)26(27(29(30)31)23-7-3-2-4-8-23)22-11-15-25(16-12-22)33-20-19-28-17-5-6-18-28;7-3(8)1-6(13,5(11)12)2-4(9)10/h2-4,7-16H,5-6,17-20H2,1H3;13H,1-2H2,(H,7,8)(H,9,10)(H,11,12). The van der Waals surface area contributed by atoms with Gasteiger partial charge in [-0.05, 0) is 73.5 Å². The lowest BCUT2D eigenvalue weighted by atomic mass is 9.93. The normalized spacial score (nSPS) is 13.5. The van der Waals surface area contributed by atoms with E-state index in [0.29, 0.717) is 23.5 Å². The van der Waals surface area contributed by atoms with Crippen molar-refractivity contribution in [2.45, 2.75) is 31.3 Å². The van der Waals surface area contributed by atoms with Gasteiger partial charge in [-0.25, -0.2) is 4.79 Å². The molecule has 13 heteroatoms. The van der Waals surface area contributed by atoms with E-state index in [2.05, 4.69) is 4.90 Å². The molecule has 0 bridgehead atoms. The van der Waals surface area contributed by atoms with E-state index in [-0.39, 0.29) is 10.6 Å². The summed E-state index contributed by atoms with van der Waals surface area (Å²) in [6.07, 6.45) is 0.230. The summed E-state index contributed by atoms with van der Waals surface area (Å²) in [7, 11) is 1.60. The second-order valence-electron chi connectivity index (χ2n) is 10.5. The van der Waals surface area contributed by atoms with Crippen LogP contribution in [0, 0.1) is 10.1 Å². The lowest BCUT2D eigenvalue weighted by Crippen LogP contribution is -2.42. The van der Waals surface area contributed by atoms with E-state index in [4.69, 9.17) is 29.9 Å². The van der Waals surface area contributed by atoms with E-state index < -0.39 is 36.4 Å². The van der Waals surface area contributed by atoms with Crippen LogP contribution >= 0.6 is 0 Å². The van der Waals surface area contributed by atoms with Crippen LogP contribution in [0.25, 0.3) is 11.3 Å². The zero-order chi connectivity index (χ0) is 33.7. The number of methoxy groups -OCH3 is 1.